The zero-order chi connectivity index (χ0) is 24.7. The van der Waals surface area contributed by atoms with Gasteiger partial charge in [-0.15, -0.1) is 11.8 Å². The first kappa shape index (κ1) is 25.7. The first-order valence-electron chi connectivity index (χ1n) is 9.76. The number of methoxy groups -OCH3 is 1. The number of hydrogen-bond donors (Lipinski definition) is 3. The lowest BCUT2D eigenvalue weighted by Gasteiger charge is -2.14. The molecule has 0 aliphatic carbocycles. The number of para-hydroxylation sites is 2. The number of thioether (sulfide) groups is 1. The number of carbonyl (C=O) groups is 1. The Labute approximate surface area is 209 Å². The van der Waals surface area contributed by atoms with Crippen LogP contribution in [0.4, 0.5) is 30.2 Å². The van der Waals surface area contributed by atoms with Gasteiger partial charge in [0, 0.05) is 10.6 Å². The van der Waals surface area contributed by atoms with E-state index in [4.69, 9.17) is 28.6 Å². The van der Waals surface area contributed by atoms with E-state index < -0.39 is 17.6 Å². The molecule has 0 bridgehead atoms. The maximum Gasteiger partial charge on any atom is 0.416 e. The summed E-state index contributed by atoms with van der Waals surface area (Å²) in [7, 11) is 1.56. The van der Waals surface area contributed by atoms with Crippen molar-refractivity contribution in [1.29, 1.82) is 0 Å². The zero-order valence-electron chi connectivity index (χ0n) is 17.7. The summed E-state index contributed by atoms with van der Waals surface area (Å²) in [5.41, 5.74) is 0.415. The Morgan fingerprint density at radius 2 is 1.76 bits per heavy atom. The van der Waals surface area contributed by atoms with Crippen LogP contribution in [-0.2, 0) is 11.0 Å². The Bertz CT molecular complexity index is 1190. The van der Waals surface area contributed by atoms with Crippen LogP contribution in [0, 0.1) is 0 Å². The maximum absolute atomic E-state index is 12.9. The fraction of sp³-hybridized carbons (Fsp3) is 0.130. The Morgan fingerprint density at radius 1 is 1.00 bits per heavy atom. The summed E-state index contributed by atoms with van der Waals surface area (Å²) in [5, 5.41) is 8.92. The molecule has 0 spiro atoms. The second-order valence-electron chi connectivity index (χ2n) is 6.84. The van der Waals surface area contributed by atoms with Gasteiger partial charge >= 0.3 is 6.18 Å². The van der Waals surface area contributed by atoms with E-state index in [0.29, 0.717) is 22.2 Å². The van der Waals surface area contributed by atoms with Crippen molar-refractivity contribution in [2.75, 3.05) is 28.8 Å². The van der Waals surface area contributed by atoms with Crippen LogP contribution < -0.4 is 20.7 Å². The second kappa shape index (κ2) is 11.5. The lowest BCUT2D eigenvalue weighted by Crippen LogP contribution is -2.19. The molecule has 34 heavy (non-hydrogen) atoms. The van der Waals surface area contributed by atoms with Crippen LogP contribution in [0.25, 0.3) is 0 Å². The van der Waals surface area contributed by atoms with Crippen LogP contribution in [-0.4, -0.2) is 23.9 Å². The number of ether oxygens (including phenoxy) is 1. The van der Waals surface area contributed by atoms with E-state index in [1.54, 1.807) is 31.4 Å². The van der Waals surface area contributed by atoms with Gasteiger partial charge in [-0.25, -0.2) is 0 Å². The fourth-order valence-corrected chi connectivity index (χ4v) is 3.98. The van der Waals surface area contributed by atoms with Gasteiger partial charge in [-0.1, -0.05) is 29.8 Å². The highest BCUT2D eigenvalue weighted by Crippen LogP contribution is 2.34. The predicted molar refractivity (Wildman–Crippen MR) is 135 cm³/mol. The van der Waals surface area contributed by atoms with Crippen molar-refractivity contribution in [3.63, 3.8) is 0 Å². The van der Waals surface area contributed by atoms with Gasteiger partial charge in [0.25, 0.3) is 0 Å². The summed E-state index contributed by atoms with van der Waals surface area (Å²) < 4.78 is 44.0. The van der Waals surface area contributed by atoms with Crippen LogP contribution in [0.2, 0.25) is 5.02 Å². The van der Waals surface area contributed by atoms with Gasteiger partial charge in [0.15, 0.2) is 5.11 Å². The number of anilines is 3. The number of benzene rings is 3. The minimum atomic E-state index is -4.53. The largest absolute Gasteiger partial charge is 0.495 e. The van der Waals surface area contributed by atoms with Crippen LogP contribution in [0.15, 0.2) is 71.6 Å². The SMILES string of the molecule is COc1ccccc1NC(=S)Nc1cccc(SCC(=O)Nc2cc(C(F)(F)F)ccc2Cl)c1. The van der Waals surface area contributed by atoms with Gasteiger partial charge in [-0.3, -0.25) is 4.79 Å². The topological polar surface area (TPSA) is 62.4 Å². The summed E-state index contributed by atoms with van der Waals surface area (Å²) in [6, 6.07) is 17.3. The number of amides is 1. The molecule has 3 rings (SSSR count). The fourth-order valence-electron chi connectivity index (χ4n) is 2.83. The van der Waals surface area contributed by atoms with Crippen molar-refractivity contribution in [1.82, 2.24) is 0 Å². The van der Waals surface area contributed by atoms with Gasteiger partial charge in [-0.2, -0.15) is 13.2 Å². The summed E-state index contributed by atoms with van der Waals surface area (Å²) >= 11 is 12.5. The molecule has 3 aromatic carbocycles. The maximum atomic E-state index is 12.9. The molecule has 0 aliphatic rings. The molecule has 0 fully saturated rings. The lowest BCUT2D eigenvalue weighted by molar-refractivity contribution is -0.137. The number of halogens is 4. The van der Waals surface area contributed by atoms with E-state index in [1.165, 1.54) is 11.8 Å². The first-order valence-corrected chi connectivity index (χ1v) is 11.5. The van der Waals surface area contributed by atoms with Gasteiger partial charge in [0.1, 0.15) is 5.75 Å². The highest BCUT2D eigenvalue weighted by atomic mass is 35.5. The number of alkyl halides is 3. The Morgan fingerprint density at radius 3 is 2.50 bits per heavy atom. The minimum Gasteiger partial charge on any atom is -0.495 e. The predicted octanol–water partition coefficient (Wildman–Crippen LogP) is 6.91. The Hall–Kier alpha value is -2.95. The summed E-state index contributed by atoms with van der Waals surface area (Å²) in [5.74, 6) is 0.126. The Balaban J connectivity index is 1.57. The van der Waals surface area contributed by atoms with Crippen LogP contribution in [0.1, 0.15) is 5.56 Å². The highest BCUT2D eigenvalue weighted by Gasteiger charge is 2.31. The molecule has 0 saturated heterocycles. The number of hydrogen-bond acceptors (Lipinski definition) is 4. The molecule has 0 aromatic heterocycles. The van der Waals surface area contributed by atoms with Crippen molar-refractivity contribution < 1.29 is 22.7 Å². The van der Waals surface area contributed by atoms with Gasteiger partial charge in [-0.05, 0) is 60.7 Å². The monoisotopic (exact) mass is 525 g/mol. The molecule has 3 aromatic rings. The van der Waals surface area contributed by atoms with Gasteiger partial charge in [0.05, 0.1) is 34.8 Å². The molecule has 0 heterocycles. The second-order valence-corrected chi connectivity index (χ2v) is 8.70. The van der Waals surface area contributed by atoms with Crippen LogP contribution in [0.3, 0.4) is 0 Å². The summed E-state index contributed by atoms with van der Waals surface area (Å²) in [4.78, 5) is 13.1. The van der Waals surface area contributed by atoms with Crippen LogP contribution >= 0.6 is 35.6 Å². The highest BCUT2D eigenvalue weighted by molar-refractivity contribution is 8.00. The molecule has 5 nitrogen and oxygen atoms in total. The minimum absolute atomic E-state index is 0.0219. The van der Waals surface area contributed by atoms with E-state index in [1.807, 2.05) is 24.3 Å². The quantitative estimate of drug-likeness (QED) is 0.230. The van der Waals surface area contributed by atoms with Gasteiger partial charge < -0.3 is 20.7 Å². The van der Waals surface area contributed by atoms with E-state index in [9.17, 15) is 18.0 Å². The molecule has 0 aliphatic heterocycles. The number of carbonyl (C=O) groups excluding carboxylic acids is 1. The zero-order valence-corrected chi connectivity index (χ0v) is 20.1. The molecular weight excluding hydrogens is 507 g/mol. The third-order valence-electron chi connectivity index (χ3n) is 4.38. The molecule has 0 atom stereocenters. The molecule has 178 valence electrons. The van der Waals surface area contributed by atoms with E-state index in [2.05, 4.69) is 16.0 Å². The van der Waals surface area contributed by atoms with Gasteiger partial charge in [0.2, 0.25) is 5.91 Å². The van der Waals surface area contributed by atoms with Crippen LogP contribution in [0.5, 0.6) is 5.75 Å². The molecule has 0 radical (unpaired) electrons. The third kappa shape index (κ3) is 7.28. The molecular formula is C23H19ClF3N3O2S2. The normalized spacial score (nSPS) is 11.0. The lowest BCUT2D eigenvalue weighted by atomic mass is 10.2. The number of rotatable bonds is 7. The standard InChI is InChI=1S/C23H19ClF3N3O2S2/c1-32-20-8-3-2-7-18(20)30-22(33)28-15-5-4-6-16(12-15)34-13-21(31)29-19-11-14(23(25,26)27)9-10-17(19)24/h2-12H,13H2,1H3,(H,29,31)(H2,28,30,33). The molecule has 3 N–H and O–H groups in total. The van der Waals surface area contributed by atoms with Crippen molar-refractivity contribution >= 4 is 63.7 Å². The molecule has 1 amide bonds. The van der Waals surface area contributed by atoms with Crippen molar-refractivity contribution in [2.24, 2.45) is 0 Å². The van der Waals surface area contributed by atoms with E-state index in [0.717, 1.165) is 23.1 Å². The summed E-state index contributed by atoms with van der Waals surface area (Å²) in [6.07, 6.45) is -4.53. The average molecular weight is 526 g/mol. The van der Waals surface area contributed by atoms with Crippen molar-refractivity contribution in [2.45, 2.75) is 11.1 Å². The van der Waals surface area contributed by atoms with Crippen molar-refractivity contribution in [3.05, 3.63) is 77.3 Å². The van der Waals surface area contributed by atoms with Crippen molar-refractivity contribution in [3.8, 4) is 5.75 Å². The van der Waals surface area contributed by atoms with E-state index in [-0.39, 0.29) is 16.5 Å². The smallest absolute Gasteiger partial charge is 0.416 e. The first-order chi connectivity index (χ1) is 16.2. The molecule has 11 heteroatoms. The Kier molecular flexibility index (Phi) is 8.65. The molecule has 0 unspecified atom stereocenters. The average Bonchev–Trinajstić information content (AvgIpc) is 2.79. The molecule has 0 saturated carbocycles. The number of thiocarbonyl (C=S) groups is 1. The third-order valence-corrected chi connectivity index (χ3v) is 5.91. The number of nitrogens with one attached hydrogen (secondary N) is 3. The summed E-state index contributed by atoms with van der Waals surface area (Å²) in [6.45, 7) is 0. The van der Waals surface area contributed by atoms with E-state index >= 15 is 0 Å².